The van der Waals surface area contributed by atoms with Crippen molar-refractivity contribution in [2.45, 2.75) is 13.3 Å². The number of carbonyl (C=O) groups is 1. The Kier molecular flexibility index (Phi) is 4.49. The maximum Gasteiger partial charge on any atom is 0.293 e. The van der Waals surface area contributed by atoms with Gasteiger partial charge in [0.1, 0.15) is 0 Å². The number of amides is 1. The summed E-state index contributed by atoms with van der Waals surface area (Å²) in [6, 6.07) is 15.6. The normalized spacial score (nSPS) is 11.0. The molecule has 0 spiro atoms. The maximum absolute atomic E-state index is 12.6. The van der Waals surface area contributed by atoms with Crippen molar-refractivity contribution in [3.63, 3.8) is 0 Å². The van der Waals surface area contributed by atoms with E-state index in [1.54, 1.807) is 12.3 Å². The molecule has 0 aliphatic heterocycles. The molecule has 0 aliphatic carbocycles. The van der Waals surface area contributed by atoms with Crippen LogP contribution in [0.3, 0.4) is 0 Å². The molecular formula is C20H15ClN2O2S. The highest BCUT2D eigenvalue weighted by Crippen LogP contribution is 2.31. The Balaban J connectivity index is 1.54. The number of aryl methyl sites for hydroxylation is 1. The molecule has 6 heteroatoms. The van der Waals surface area contributed by atoms with Gasteiger partial charge >= 0.3 is 0 Å². The molecule has 1 amide bonds. The first kappa shape index (κ1) is 16.8. The fourth-order valence-electron chi connectivity index (χ4n) is 2.82. The van der Waals surface area contributed by atoms with Gasteiger partial charge in [0.15, 0.2) is 16.5 Å². The summed E-state index contributed by atoms with van der Waals surface area (Å²) in [5.41, 5.74) is 2.50. The van der Waals surface area contributed by atoms with Crippen molar-refractivity contribution in [1.29, 1.82) is 0 Å². The van der Waals surface area contributed by atoms with Gasteiger partial charge in [-0.25, -0.2) is 4.98 Å². The van der Waals surface area contributed by atoms with Gasteiger partial charge in [-0.1, -0.05) is 54.1 Å². The quantitative estimate of drug-likeness (QED) is 0.493. The van der Waals surface area contributed by atoms with Crippen molar-refractivity contribution in [3.05, 3.63) is 81.5 Å². The number of nitrogens with one attached hydrogen (secondary N) is 1. The summed E-state index contributed by atoms with van der Waals surface area (Å²) in [7, 11) is 0. The lowest BCUT2D eigenvalue weighted by atomic mass is 10.1. The number of rotatable bonds is 4. The lowest BCUT2D eigenvalue weighted by Crippen LogP contribution is -2.11. The number of halogens is 1. The van der Waals surface area contributed by atoms with Gasteiger partial charge in [0, 0.05) is 28.4 Å². The summed E-state index contributed by atoms with van der Waals surface area (Å²) >= 11 is 7.61. The van der Waals surface area contributed by atoms with Crippen molar-refractivity contribution in [2.75, 3.05) is 5.32 Å². The molecule has 2 aromatic heterocycles. The van der Waals surface area contributed by atoms with Gasteiger partial charge in [-0.15, -0.1) is 11.3 Å². The van der Waals surface area contributed by atoms with Crippen molar-refractivity contribution in [2.24, 2.45) is 0 Å². The first-order chi connectivity index (χ1) is 12.6. The Bertz CT molecular complexity index is 1090. The lowest BCUT2D eigenvalue weighted by Gasteiger charge is -1.99. The van der Waals surface area contributed by atoms with Crippen LogP contribution in [0.2, 0.25) is 5.02 Å². The Morgan fingerprint density at radius 1 is 1.19 bits per heavy atom. The second-order valence-electron chi connectivity index (χ2n) is 5.92. The minimum Gasteiger partial charge on any atom is -0.449 e. The Morgan fingerprint density at radius 3 is 2.77 bits per heavy atom. The number of fused-ring (bicyclic) bond motifs is 1. The molecule has 130 valence electrons. The zero-order chi connectivity index (χ0) is 18.1. The molecule has 2 aromatic carbocycles. The number of hydrogen-bond donors (Lipinski definition) is 1. The molecule has 0 saturated heterocycles. The molecule has 0 saturated carbocycles. The van der Waals surface area contributed by atoms with Crippen molar-refractivity contribution >= 4 is 44.9 Å². The average molecular weight is 383 g/mol. The molecule has 0 radical (unpaired) electrons. The SMILES string of the molecule is Cc1c(C(=O)Nc2ncc(Cc3ccccc3)s2)oc2c(Cl)cccc12. The number of thiazole rings is 1. The molecule has 26 heavy (non-hydrogen) atoms. The molecule has 4 aromatic rings. The van der Waals surface area contributed by atoms with E-state index in [9.17, 15) is 4.79 Å². The van der Waals surface area contributed by atoms with E-state index in [-0.39, 0.29) is 11.7 Å². The number of benzene rings is 2. The van der Waals surface area contributed by atoms with E-state index in [1.807, 2.05) is 37.3 Å². The molecule has 2 heterocycles. The second kappa shape index (κ2) is 6.94. The third kappa shape index (κ3) is 3.23. The largest absolute Gasteiger partial charge is 0.449 e. The molecular weight excluding hydrogens is 368 g/mol. The van der Waals surface area contributed by atoms with E-state index in [2.05, 4.69) is 22.4 Å². The minimum absolute atomic E-state index is 0.257. The van der Waals surface area contributed by atoms with Crippen LogP contribution >= 0.6 is 22.9 Å². The topological polar surface area (TPSA) is 55.1 Å². The number of nitrogens with zero attached hydrogens (tertiary/aromatic N) is 1. The molecule has 0 atom stereocenters. The summed E-state index contributed by atoms with van der Waals surface area (Å²) in [5.74, 6) is -0.0664. The van der Waals surface area contributed by atoms with Crippen LogP contribution < -0.4 is 5.32 Å². The zero-order valence-corrected chi connectivity index (χ0v) is 15.5. The average Bonchev–Trinajstić information content (AvgIpc) is 3.21. The fourth-order valence-corrected chi connectivity index (χ4v) is 3.88. The summed E-state index contributed by atoms with van der Waals surface area (Å²) in [6.07, 6.45) is 2.57. The molecule has 0 bridgehead atoms. The fraction of sp³-hybridized carbons (Fsp3) is 0.100. The van der Waals surface area contributed by atoms with E-state index in [0.29, 0.717) is 15.7 Å². The molecule has 1 N–H and O–H groups in total. The zero-order valence-electron chi connectivity index (χ0n) is 14.0. The highest BCUT2D eigenvalue weighted by molar-refractivity contribution is 7.15. The van der Waals surface area contributed by atoms with Gasteiger partial charge in [0.05, 0.1) is 5.02 Å². The molecule has 0 unspecified atom stereocenters. The highest BCUT2D eigenvalue weighted by atomic mass is 35.5. The third-order valence-corrected chi connectivity index (χ3v) is 5.33. The van der Waals surface area contributed by atoms with Crippen molar-refractivity contribution < 1.29 is 9.21 Å². The van der Waals surface area contributed by atoms with Crippen LogP contribution in [-0.4, -0.2) is 10.9 Å². The van der Waals surface area contributed by atoms with Gasteiger partial charge in [0.25, 0.3) is 5.91 Å². The maximum atomic E-state index is 12.6. The molecule has 4 rings (SSSR count). The van der Waals surface area contributed by atoms with Crippen LogP contribution in [0.15, 0.2) is 59.1 Å². The first-order valence-electron chi connectivity index (χ1n) is 8.09. The molecule has 0 fully saturated rings. The monoisotopic (exact) mass is 382 g/mol. The summed E-state index contributed by atoms with van der Waals surface area (Å²) in [4.78, 5) is 18.0. The van der Waals surface area contributed by atoms with Crippen LogP contribution in [0.25, 0.3) is 11.0 Å². The van der Waals surface area contributed by atoms with Crippen molar-refractivity contribution in [1.82, 2.24) is 4.98 Å². The number of anilines is 1. The van der Waals surface area contributed by atoms with Crippen LogP contribution in [-0.2, 0) is 6.42 Å². The molecule has 4 nitrogen and oxygen atoms in total. The van der Waals surface area contributed by atoms with Gasteiger partial charge < -0.3 is 4.42 Å². The summed E-state index contributed by atoms with van der Waals surface area (Å²) in [5, 5.41) is 4.69. The minimum atomic E-state index is -0.324. The van der Waals surface area contributed by atoms with E-state index >= 15 is 0 Å². The van der Waals surface area contributed by atoms with Gasteiger partial charge in [-0.3, -0.25) is 10.1 Å². The Labute approximate surface area is 159 Å². The van der Waals surface area contributed by atoms with E-state index in [4.69, 9.17) is 16.0 Å². The predicted molar refractivity (Wildman–Crippen MR) is 105 cm³/mol. The molecule has 0 aliphatic rings. The van der Waals surface area contributed by atoms with E-state index in [0.717, 1.165) is 22.2 Å². The van der Waals surface area contributed by atoms with Gasteiger partial charge in [0.2, 0.25) is 0 Å². The number of furan rings is 1. The smallest absolute Gasteiger partial charge is 0.293 e. The number of hydrogen-bond acceptors (Lipinski definition) is 4. The van der Waals surface area contributed by atoms with Crippen LogP contribution in [0.1, 0.15) is 26.6 Å². The summed E-state index contributed by atoms with van der Waals surface area (Å²) in [6.45, 7) is 1.85. The van der Waals surface area contributed by atoms with Crippen molar-refractivity contribution in [3.8, 4) is 0 Å². The standard InChI is InChI=1S/C20H15ClN2O2S/c1-12-15-8-5-9-16(21)18(15)25-17(12)19(24)23-20-22-11-14(26-20)10-13-6-3-2-4-7-13/h2-9,11H,10H2,1H3,(H,22,23,24). The third-order valence-electron chi connectivity index (χ3n) is 4.12. The predicted octanol–water partition coefficient (Wildman–Crippen LogP) is 5.69. The number of aromatic nitrogens is 1. The second-order valence-corrected chi connectivity index (χ2v) is 7.44. The Hall–Kier alpha value is -2.63. The Morgan fingerprint density at radius 2 is 2.00 bits per heavy atom. The van der Waals surface area contributed by atoms with Gasteiger partial charge in [-0.2, -0.15) is 0 Å². The number of carbonyl (C=O) groups excluding carboxylic acids is 1. The first-order valence-corrected chi connectivity index (χ1v) is 9.29. The van der Waals surface area contributed by atoms with E-state index in [1.165, 1.54) is 16.9 Å². The van der Waals surface area contributed by atoms with Crippen LogP contribution in [0.5, 0.6) is 0 Å². The lowest BCUT2D eigenvalue weighted by molar-refractivity contribution is 0.0998. The van der Waals surface area contributed by atoms with Gasteiger partial charge in [-0.05, 0) is 18.6 Å². The summed E-state index contributed by atoms with van der Waals surface area (Å²) < 4.78 is 5.70. The van der Waals surface area contributed by atoms with Crippen LogP contribution in [0.4, 0.5) is 5.13 Å². The van der Waals surface area contributed by atoms with Crippen LogP contribution in [0, 0.1) is 6.92 Å². The van der Waals surface area contributed by atoms with E-state index < -0.39 is 0 Å². The number of para-hydroxylation sites is 1. The highest BCUT2D eigenvalue weighted by Gasteiger charge is 2.20.